The zero-order valence-corrected chi connectivity index (χ0v) is 12.3. The zero-order chi connectivity index (χ0) is 16.0. The molecule has 0 radical (unpaired) electrons. The van der Waals surface area contributed by atoms with E-state index < -0.39 is 5.92 Å². The number of aliphatic hydroxyl groups excluding tert-OH is 1. The predicted octanol–water partition coefficient (Wildman–Crippen LogP) is 0.918. The van der Waals surface area contributed by atoms with Crippen molar-refractivity contribution in [3.63, 3.8) is 0 Å². The van der Waals surface area contributed by atoms with E-state index in [4.69, 9.17) is 10.8 Å². The van der Waals surface area contributed by atoms with E-state index in [2.05, 4.69) is 4.90 Å². The van der Waals surface area contributed by atoms with Crippen LogP contribution in [-0.2, 0) is 14.3 Å². The number of ether oxygens (including phenoxy) is 2. The summed E-state index contributed by atoms with van der Waals surface area (Å²) in [6.07, 6.45) is 1.73. The van der Waals surface area contributed by atoms with Crippen LogP contribution in [-0.4, -0.2) is 60.0 Å². The predicted molar refractivity (Wildman–Crippen MR) is 79.4 cm³/mol. The van der Waals surface area contributed by atoms with Crippen LogP contribution in [0.4, 0.5) is 0 Å². The molecule has 5 atom stereocenters. The summed E-state index contributed by atoms with van der Waals surface area (Å²) in [6.45, 7) is -0.254. The molecule has 3 saturated heterocycles. The van der Waals surface area contributed by atoms with E-state index in [-0.39, 0.29) is 50.0 Å². The van der Waals surface area contributed by atoms with Crippen molar-refractivity contribution in [2.75, 3.05) is 13.6 Å². The number of rotatable bonds is 4. The zero-order valence-electron chi connectivity index (χ0n) is 13.3. The van der Waals surface area contributed by atoms with E-state index in [9.17, 15) is 9.90 Å². The molecule has 0 saturated carbocycles. The molecule has 1 N–H and O–H groups in total. The Morgan fingerprint density at radius 1 is 1.41 bits per heavy atom. The highest BCUT2D eigenvalue weighted by Crippen LogP contribution is 2.48. The number of fused-ring (bicyclic) bond motifs is 5. The molecule has 3 fully saturated rings. The molecule has 1 aromatic carbocycles. The van der Waals surface area contributed by atoms with E-state index in [0.717, 1.165) is 18.4 Å². The molecule has 2 bridgehead atoms. The van der Waals surface area contributed by atoms with Crippen LogP contribution in [0.1, 0.15) is 25.7 Å². The number of esters is 1. The number of nitrogens with zero attached hydrogens (tertiary/aromatic N) is 1. The molecule has 118 valence electrons. The normalized spacial score (nSPS) is 38.0. The molecule has 0 amide bonds. The Bertz CT molecular complexity index is 565. The first-order valence-corrected chi connectivity index (χ1v) is 7.79. The molecule has 3 aliphatic heterocycles. The SMILES string of the molecule is [3H]CN1C2CC(OC(=O)C(CO)c3ccccc3)CC1C1OC12. The Labute approximate surface area is 131 Å². The molecule has 3 aliphatic rings. The van der Waals surface area contributed by atoms with Crippen molar-refractivity contribution < 1.29 is 20.7 Å². The first-order chi connectivity index (χ1) is 11.2. The number of piperidine rings is 1. The molecule has 0 aliphatic carbocycles. The number of hydrogen-bond donors (Lipinski definition) is 1. The van der Waals surface area contributed by atoms with Gasteiger partial charge in [-0.1, -0.05) is 30.3 Å². The van der Waals surface area contributed by atoms with Gasteiger partial charge in [-0.15, -0.1) is 0 Å². The van der Waals surface area contributed by atoms with E-state index in [1.54, 1.807) is 0 Å². The highest BCUT2D eigenvalue weighted by atomic mass is 16.6. The van der Waals surface area contributed by atoms with Gasteiger partial charge in [0.15, 0.2) is 0 Å². The summed E-state index contributed by atoms with van der Waals surface area (Å²) in [4.78, 5) is 14.6. The molecule has 5 heteroatoms. The summed E-state index contributed by atoms with van der Waals surface area (Å²) < 4.78 is 19.0. The van der Waals surface area contributed by atoms with Crippen molar-refractivity contribution in [3.05, 3.63) is 35.9 Å². The Kier molecular flexibility index (Phi) is 3.16. The first kappa shape index (κ1) is 13.0. The van der Waals surface area contributed by atoms with Gasteiger partial charge in [0.25, 0.3) is 0 Å². The van der Waals surface area contributed by atoms with Gasteiger partial charge in [-0.2, -0.15) is 0 Å². The van der Waals surface area contributed by atoms with Crippen molar-refractivity contribution in [1.82, 2.24) is 4.90 Å². The number of benzene rings is 1. The standard InChI is InChI=1S/C17H21NO4/c1-18-13-7-11(8-14(18)16-15(13)22-16)21-17(20)12(9-19)10-5-3-2-4-6-10/h2-6,11-16,19H,7-9H2,1H3/i1T. The maximum Gasteiger partial charge on any atom is 0.316 e. The van der Waals surface area contributed by atoms with Gasteiger partial charge in [-0.05, 0) is 12.6 Å². The monoisotopic (exact) mass is 305 g/mol. The van der Waals surface area contributed by atoms with Crippen molar-refractivity contribution in [2.45, 2.75) is 49.2 Å². The van der Waals surface area contributed by atoms with Crippen LogP contribution < -0.4 is 0 Å². The summed E-state index contributed by atoms with van der Waals surface area (Å²) in [6, 6.07) is 9.63. The number of likely N-dealkylation sites (N-methyl/N-ethyl adjacent to an activating group) is 1. The largest absolute Gasteiger partial charge is 0.462 e. The summed E-state index contributed by atoms with van der Waals surface area (Å²) in [7, 11) is 0.273. The van der Waals surface area contributed by atoms with Gasteiger partial charge >= 0.3 is 5.97 Å². The Balaban J connectivity index is 1.42. The van der Waals surface area contributed by atoms with E-state index in [0.29, 0.717) is 0 Å². The first-order valence-electron chi connectivity index (χ1n) is 8.50. The molecule has 22 heavy (non-hydrogen) atoms. The maximum absolute atomic E-state index is 12.5. The highest BCUT2D eigenvalue weighted by Gasteiger charge is 2.62. The second-order valence-electron chi connectivity index (χ2n) is 6.39. The fraction of sp³-hybridized carbons (Fsp3) is 0.588. The molecule has 1 aromatic rings. The van der Waals surface area contributed by atoms with Gasteiger partial charge in [-0.3, -0.25) is 9.69 Å². The van der Waals surface area contributed by atoms with E-state index >= 15 is 0 Å². The number of carbonyl (C=O) groups excluding carboxylic acids is 1. The topological polar surface area (TPSA) is 62.3 Å². The second kappa shape index (κ2) is 5.33. The van der Waals surface area contributed by atoms with E-state index in [1.165, 1.54) is 0 Å². The molecule has 5 unspecified atom stereocenters. The molecule has 0 aromatic heterocycles. The summed E-state index contributed by atoms with van der Waals surface area (Å²) >= 11 is 0. The van der Waals surface area contributed by atoms with Gasteiger partial charge < -0.3 is 14.6 Å². The molecule has 0 spiro atoms. The Hall–Kier alpha value is -1.43. The lowest BCUT2D eigenvalue weighted by Gasteiger charge is -2.38. The minimum atomic E-state index is -0.631. The average molecular weight is 305 g/mol. The lowest BCUT2D eigenvalue weighted by molar-refractivity contribution is -0.156. The molecule has 3 heterocycles. The molecule has 4 rings (SSSR count). The van der Waals surface area contributed by atoms with Crippen molar-refractivity contribution in [1.29, 1.82) is 0 Å². The fourth-order valence-electron chi connectivity index (χ4n) is 3.90. The van der Waals surface area contributed by atoms with Crippen LogP contribution in [0.15, 0.2) is 30.3 Å². The summed E-state index contributed by atoms with van der Waals surface area (Å²) in [5.41, 5.74) is 0.776. The number of carbonyl (C=O) groups is 1. The quantitative estimate of drug-likeness (QED) is 0.662. The summed E-state index contributed by atoms with van der Waals surface area (Å²) in [5.74, 6) is -0.995. The van der Waals surface area contributed by atoms with Crippen molar-refractivity contribution in [3.8, 4) is 0 Å². The molecular weight excluding hydrogens is 282 g/mol. The molecular formula is C17H21NO4. The van der Waals surface area contributed by atoms with Gasteiger partial charge in [0.2, 0.25) is 0 Å². The minimum absolute atomic E-state index is 0.144. The summed E-state index contributed by atoms with van der Waals surface area (Å²) in [5, 5.41) is 9.57. The smallest absolute Gasteiger partial charge is 0.316 e. The van der Waals surface area contributed by atoms with Gasteiger partial charge in [0, 0.05) is 26.3 Å². The third-order valence-electron chi connectivity index (χ3n) is 5.13. The van der Waals surface area contributed by atoms with Crippen LogP contribution in [0, 0.1) is 0 Å². The lowest BCUT2D eigenvalue weighted by Crippen LogP contribution is -2.48. The third kappa shape index (κ3) is 2.24. The fourth-order valence-corrected chi connectivity index (χ4v) is 3.90. The van der Waals surface area contributed by atoms with Crippen LogP contribution in [0.5, 0.6) is 0 Å². The molecule has 5 nitrogen and oxygen atoms in total. The van der Waals surface area contributed by atoms with Crippen molar-refractivity contribution >= 4 is 5.97 Å². The second-order valence-corrected chi connectivity index (χ2v) is 6.39. The minimum Gasteiger partial charge on any atom is -0.462 e. The highest BCUT2D eigenvalue weighted by molar-refractivity contribution is 5.78. The van der Waals surface area contributed by atoms with Crippen molar-refractivity contribution in [2.24, 2.45) is 0 Å². The van der Waals surface area contributed by atoms with Crippen LogP contribution in [0.3, 0.4) is 0 Å². The van der Waals surface area contributed by atoms with Gasteiger partial charge in [0.05, 0.1) is 6.61 Å². The van der Waals surface area contributed by atoms with Gasteiger partial charge in [-0.25, -0.2) is 0 Å². The van der Waals surface area contributed by atoms with Gasteiger partial charge in [0.1, 0.15) is 24.2 Å². The average Bonchev–Trinajstić information content (AvgIpc) is 3.32. The lowest BCUT2D eigenvalue weighted by atomic mass is 9.97. The van der Waals surface area contributed by atoms with E-state index in [1.807, 2.05) is 30.3 Å². The van der Waals surface area contributed by atoms with Crippen LogP contribution in [0.25, 0.3) is 0 Å². The number of morpholine rings is 1. The maximum atomic E-state index is 12.5. The number of aliphatic hydroxyl groups is 1. The van der Waals surface area contributed by atoms with Crippen LogP contribution >= 0.6 is 0 Å². The number of hydrogen-bond acceptors (Lipinski definition) is 5. The van der Waals surface area contributed by atoms with Crippen LogP contribution in [0.2, 0.25) is 0 Å². The Morgan fingerprint density at radius 2 is 2.09 bits per heavy atom. The number of epoxide rings is 1. The Morgan fingerprint density at radius 3 is 2.68 bits per heavy atom. The third-order valence-corrected chi connectivity index (χ3v) is 5.13.